The number of amides is 1. The lowest BCUT2D eigenvalue weighted by molar-refractivity contribution is 0.0448. The van der Waals surface area contributed by atoms with Crippen LogP contribution in [0.3, 0.4) is 0 Å². The Balaban J connectivity index is 1.39. The predicted octanol–water partition coefficient (Wildman–Crippen LogP) is 4.10. The van der Waals surface area contributed by atoms with Gasteiger partial charge >= 0.3 is 6.09 Å². The summed E-state index contributed by atoms with van der Waals surface area (Å²) in [4.78, 5) is 26.2. The minimum Gasteiger partial charge on any atom is -0.487 e. The third kappa shape index (κ3) is 4.69. The summed E-state index contributed by atoms with van der Waals surface area (Å²) in [6, 6.07) is 4.89. The number of anilines is 1. The zero-order valence-corrected chi connectivity index (χ0v) is 20.6. The Hall–Kier alpha value is -3.56. The topological polar surface area (TPSA) is 102 Å². The lowest BCUT2D eigenvalue weighted by Gasteiger charge is -2.36. The van der Waals surface area contributed by atoms with Crippen LogP contribution in [0, 0.1) is 5.82 Å². The molecule has 5 rings (SSSR count). The number of alkyl carbamates (subject to hydrolysis) is 1. The number of halogens is 1. The van der Waals surface area contributed by atoms with E-state index in [1.54, 1.807) is 6.33 Å². The van der Waals surface area contributed by atoms with Crippen LogP contribution in [-0.2, 0) is 17.7 Å². The molecule has 35 heavy (non-hydrogen) atoms. The number of carbonyl (C=O) groups is 1. The molecule has 0 spiro atoms. The molecule has 4 heterocycles. The third-order valence-electron chi connectivity index (χ3n) is 6.11. The minimum absolute atomic E-state index is 0.00642. The maximum atomic E-state index is 14.7. The standard InChI is InChI=1S/C25H30FN5O4/c1-14-11-33-19-8-18-21(29-13-28-18)30-22(19)31(14)10-16-7-17(26)6-15-9-25(5,34-20(15)16)12-27-23(32)35-24(2,3)4/h6-8,13-14H,9-12H2,1-5H3,(H,27,32)(H,28,29,30)/t14-,25?/m1/s1. The summed E-state index contributed by atoms with van der Waals surface area (Å²) >= 11 is 0. The molecule has 0 saturated heterocycles. The van der Waals surface area contributed by atoms with Crippen LogP contribution in [0.5, 0.6) is 11.5 Å². The van der Waals surface area contributed by atoms with Crippen molar-refractivity contribution >= 4 is 23.1 Å². The van der Waals surface area contributed by atoms with E-state index in [2.05, 4.69) is 25.2 Å². The van der Waals surface area contributed by atoms with Gasteiger partial charge in [-0.15, -0.1) is 0 Å². The summed E-state index contributed by atoms with van der Waals surface area (Å²) in [7, 11) is 0. The second-order valence-electron chi connectivity index (χ2n) is 10.5. The van der Waals surface area contributed by atoms with E-state index < -0.39 is 17.3 Å². The third-order valence-corrected chi connectivity index (χ3v) is 6.11. The molecule has 0 radical (unpaired) electrons. The smallest absolute Gasteiger partial charge is 0.407 e. The second-order valence-corrected chi connectivity index (χ2v) is 10.5. The zero-order valence-electron chi connectivity index (χ0n) is 20.6. The maximum absolute atomic E-state index is 14.7. The number of hydrogen-bond acceptors (Lipinski definition) is 7. The first-order valence-electron chi connectivity index (χ1n) is 11.7. The maximum Gasteiger partial charge on any atom is 0.407 e. The van der Waals surface area contributed by atoms with Crippen molar-refractivity contribution in [2.75, 3.05) is 18.1 Å². The largest absolute Gasteiger partial charge is 0.487 e. The van der Waals surface area contributed by atoms with Crippen LogP contribution in [0.2, 0.25) is 0 Å². The van der Waals surface area contributed by atoms with Gasteiger partial charge in [0.05, 0.1) is 24.4 Å². The van der Waals surface area contributed by atoms with Crippen molar-refractivity contribution in [2.45, 2.75) is 64.8 Å². The Morgan fingerprint density at radius 1 is 1.37 bits per heavy atom. The highest BCUT2D eigenvalue weighted by molar-refractivity contribution is 5.77. The van der Waals surface area contributed by atoms with Gasteiger partial charge in [0.2, 0.25) is 0 Å². The van der Waals surface area contributed by atoms with Crippen molar-refractivity contribution in [2.24, 2.45) is 0 Å². The van der Waals surface area contributed by atoms with Crippen molar-refractivity contribution in [1.82, 2.24) is 20.3 Å². The molecule has 1 unspecified atom stereocenters. The zero-order chi connectivity index (χ0) is 25.0. The van der Waals surface area contributed by atoms with E-state index >= 15 is 0 Å². The lowest BCUT2D eigenvalue weighted by atomic mass is 9.98. The molecule has 2 aliphatic rings. The molecule has 10 heteroatoms. The summed E-state index contributed by atoms with van der Waals surface area (Å²) in [6.07, 6.45) is 1.54. The molecule has 9 nitrogen and oxygen atoms in total. The summed E-state index contributed by atoms with van der Waals surface area (Å²) < 4.78 is 32.3. The van der Waals surface area contributed by atoms with Gasteiger partial charge in [0.1, 0.15) is 29.4 Å². The van der Waals surface area contributed by atoms with Crippen LogP contribution < -0.4 is 19.7 Å². The molecule has 0 aliphatic carbocycles. The number of rotatable bonds is 4. The Kier molecular flexibility index (Phi) is 5.49. The highest BCUT2D eigenvalue weighted by atomic mass is 19.1. The number of nitrogens with zero attached hydrogens (tertiary/aromatic N) is 3. The molecule has 1 amide bonds. The van der Waals surface area contributed by atoms with Crippen LogP contribution in [0.25, 0.3) is 11.2 Å². The number of hydrogen-bond donors (Lipinski definition) is 2. The van der Waals surface area contributed by atoms with E-state index in [1.165, 1.54) is 12.1 Å². The number of benzene rings is 1. The first-order chi connectivity index (χ1) is 16.5. The van der Waals surface area contributed by atoms with E-state index in [0.29, 0.717) is 48.1 Å². The number of carbonyl (C=O) groups excluding carboxylic acids is 1. The highest BCUT2D eigenvalue weighted by Crippen LogP contribution is 2.41. The molecule has 3 aromatic rings. The molecule has 2 atom stereocenters. The lowest BCUT2D eigenvalue weighted by Crippen LogP contribution is -2.45. The molecule has 2 aromatic heterocycles. The minimum atomic E-state index is -0.726. The Morgan fingerprint density at radius 3 is 2.94 bits per heavy atom. The van der Waals surface area contributed by atoms with Gasteiger partial charge in [-0.25, -0.2) is 19.2 Å². The molecular formula is C25H30FN5O4. The molecule has 2 N–H and O–H groups in total. The molecule has 1 aromatic carbocycles. The monoisotopic (exact) mass is 483 g/mol. The average molecular weight is 484 g/mol. The normalized spacial score (nSPS) is 21.2. The van der Waals surface area contributed by atoms with Gasteiger partial charge in [-0.1, -0.05) is 0 Å². The van der Waals surface area contributed by atoms with Gasteiger partial charge in [-0.05, 0) is 46.8 Å². The number of imidazole rings is 1. The Morgan fingerprint density at radius 2 is 2.17 bits per heavy atom. The quantitative estimate of drug-likeness (QED) is 0.576. The molecule has 0 saturated carbocycles. The number of aromatic nitrogens is 3. The number of aromatic amines is 1. The summed E-state index contributed by atoms with van der Waals surface area (Å²) in [6.45, 7) is 10.4. The summed E-state index contributed by atoms with van der Waals surface area (Å²) in [5.41, 5.74) is 1.54. The molecule has 186 valence electrons. The van der Waals surface area contributed by atoms with E-state index in [4.69, 9.17) is 14.2 Å². The number of nitrogens with one attached hydrogen (secondary N) is 2. The molecule has 0 fully saturated rings. The van der Waals surface area contributed by atoms with Crippen molar-refractivity contribution in [3.8, 4) is 11.5 Å². The van der Waals surface area contributed by atoms with Gasteiger partial charge in [-0.2, -0.15) is 0 Å². The fraction of sp³-hybridized carbons (Fsp3) is 0.480. The van der Waals surface area contributed by atoms with Crippen molar-refractivity contribution < 1.29 is 23.4 Å². The summed E-state index contributed by atoms with van der Waals surface area (Å²) in [5.74, 6) is 1.62. The number of ether oxygens (including phenoxy) is 3. The van der Waals surface area contributed by atoms with Gasteiger partial charge in [0.25, 0.3) is 0 Å². The van der Waals surface area contributed by atoms with E-state index in [0.717, 1.165) is 11.1 Å². The first kappa shape index (κ1) is 23.2. The van der Waals surface area contributed by atoms with Crippen molar-refractivity contribution in [1.29, 1.82) is 0 Å². The SMILES string of the molecule is C[C@@H]1COc2cc3[nH]cnc3nc2N1Cc1cc(F)cc2c1OC(C)(CNC(=O)OC(C)(C)C)C2. The van der Waals surface area contributed by atoms with Crippen LogP contribution >= 0.6 is 0 Å². The van der Waals surface area contributed by atoms with E-state index in [9.17, 15) is 9.18 Å². The van der Waals surface area contributed by atoms with Crippen LogP contribution in [0.4, 0.5) is 15.0 Å². The molecule has 0 bridgehead atoms. The fourth-order valence-corrected chi connectivity index (χ4v) is 4.53. The first-order valence-corrected chi connectivity index (χ1v) is 11.7. The number of pyridine rings is 1. The van der Waals surface area contributed by atoms with Gasteiger partial charge in [-0.3, -0.25) is 0 Å². The van der Waals surface area contributed by atoms with E-state index in [-0.39, 0.29) is 18.4 Å². The average Bonchev–Trinajstić information content (AvgIpc) is 3.35. The van der Waals surface area contributed by atoms with Crippen molar-refractivity contribution in [3.05, 3.63) is 41.5 Å². The number of H-pyrrole nitrogens is 1. The van der Waals surface area contributed by atoms with Gasteiger partial charge < -0.3 is 29.4 Å². The highest BCUT2D eigenvalue weighted by Gasteiger charge is 2.38. The predicted molar refractivity (Wildman–Crippen MR) is 128 cm³/mol. The van der Waals surface area contributed by atoms with Crippen molar-refractivity contribution in [3.63, 3.8) is 0 Å². The Bertz CT molecular complexity index is 1290. The van der Waals surface area contributed by atoms with Gasteiger partial charge in [0, 0.05) is 30.2 Å². The Labute approximate surface area is 203 Å². The van der Waals surface area contributed by atoms with Crippen LogP contribution in [-0.4, -0.2) is 51.4 Å². The molecule has 2 aliphatic heterocycles. The second kappa shape index (κ2) is 8.28. The van der Waals surface area contributed by atoms with Crippen LogP contribution in [0.15, 0.2) is 24.5 Å². The van der Waals surface area contributed by atoms with E-state index in [1.807, 2.05) is 40.7 Å². The summed E-state index contributed by atoms with van der Waals surface area (Å²) in [5, 5.41) is 2.78. The number of fused-ring (bicyclic) bond motifs is 3. The van der Waals surface area contributed by atoms with Gasteiger partial charge in [0.15, 0.2) is 17.2 Å². The van der Waals surface area contributed by atoms with Crippen LogP contribution in [0.1, 0.15) is 45.7 Å². The molecular weight excluding hydrogens is 453 g/mol. The fourth-order valence-electron chi connectivity index (χ4n) is 4.53.